The molecule has 0 unspecified atom stereocenters. The van der Waals surface area contributed by atoms with E-state index in [0.717, 1.165) is 58.4 Å². The summed E-state index contributed by atoms with van der Waals surface area (Å²) in [7, 11) is -5.18. The molecule has 0 aliphatic carbocycles. The van der Waals surface area contributed by atoms with Gasteiger partial charge in [-0.15, -0.1) is 0 Å². The van der Waals surface area contributed by atoms with E-state index in [-0.39, 0.29) is 28.2 Å². The van der Waals surface area contributed by atoms with Gasteiger partial charge in [-0.25, -0.2) is 14.0 Å². The van der Waals surface area contributed by atoms with Crippen molar-refractivity contribution < 1.29 is 17.7 Å². The quantitative estimate of drug-likeness (QED) is 0.153. The number of H-pyrrole nitrogens is 3. The van der Waals surface area contributed by atoms with E-state index in [9.17, 15) is 14.4 Å². The van der Waals surface area contributed by atoms with E-state index in [1.165, 1.54) is 40.0 Å². The number of aromatic amines is 3. The van der Waals surface area contributed by atoms with Gasteiger partial charge in [0.25, 0.3) is 16.7 Å². The highest BCUT2D eigenvalue weighted by Crippen LogP contribution is 2.28. The van der Waals surface area contributed by atoms with Gasteiger partial charge >= 0.3 is 0 Å². The number of pyridine rings is 3. The molecule has 0 fully saturated rings. The van der Waals surface area contributed by atoms with Crippen LogP contribution in [0.2, 0.25) is 0 Å². The van der Waals surface area contributed by atoms with E-state index in [0.29, 0.717) is 38.6 Å². The first kappa shape index (κ1) is 36.2. The Morgan fingerprint density at radius 3 is 1.58 bits per heavy atom. The number of hydrogen-bond donors (Lipinski definition) is 3. The van der Waals surface area contributed by atoms with E-state index in [1.54, 1.807) is 41.2 Å². The number of nitrogens with zero attached hydrogens (tertiary/aromatic N) is 6. The van der Waals surface area contributed by atoms with Crippen molar-refractivity contribution in [1.82, 2.24) is 44.3 Å². The van der Waals surface area contributed by atoms with Crippen molar-refractivity contribution in [2.24, 2.45) is 0 Å². The van der Waals surface area contributed by atoms with Gasteiger partial charge in [0.15, 0.2) is 0 Å². The predicted molar refractivity (Wildman–Crippen MR) is 271 cm³/mol. The fraction of sp³-hybridized carbons (Fsp3) is 0.0588. The minimum Gasteiger partial charge on any atom is -0.497 e. The van der Waals surface area contributed by atoms with Crippen molar-refractivity contribution in [3.05, 3.63) is 198 Å². The third kappa shape index (κ3) is 7.95. The summed E-state index contributed by atoms with van der Waals surface area (Å²) in [4.78, 5) is 51.2. The second-order valence-corrected chi connectivity index (χ2v) is 17.1. The van der Waals surface area contributed by atoms with Crippen LogP contribution in [0, 0.1) is 6.92 Å². The summed E-state index contributed by atoms with van der Waals surface area (Å²) >= 11 is 6.81. The molecule has 330 valence electrons. The molecule has 67 heavy (non-hydrogen) atoms. The van der Waals surface area contributed by atoms with Crippen molar-refractivity contribution in [2.45, 2.75) is 6.92 Å². The molecular weight excluding hydrogens is 978 g/mol. The Bertz CT molecular complexity index is 4280. The van der Waals surface area contributed by atoms with E-state index >= 15 is 0 Å². The molecule has 12 rings (SSSR count). The molecule has 12 aromatic rings. The summed E-state index contributed by atoms with van der Waals surface area (Å²) in [5.41, 5.74) is 6.55. The zero-order valence-electron chi connectivity index (χ0n) is 40.9. The molecule has 3 N–H and O–H groups in total. The highest BCUT2D eigenvalue weighted by atomic mass is 79.9. The number of hydrogen-bond acceptors (Lipinski definition) is 8. The fourth-order valence-corrected chi connectivity index (χ4v) is 8.56. The molecule has 0 spiro atoms. The Balaban J connectivity index is 0.000000126. The van der Waals surface area contributed by atoms with Gasteiger partial charge in [-0.05, 0) is 91.3 Å². The number of aryl methyl sites for hydroxylation is 1. The molecule has 0 saturated heterocycles. The maximum atomic E-state index is 12.8. The molecule has 0 aliphatic heterocycles. The van der Waals surface area contributed by atoms with Crippen LogP contribution in [0.15, 0.2) is 175 Å². The molecule has 0 bridgehead atoms. The smallest absolute Gasteiger partial charge is 0.280 e. The lowest BCUT2D eigenvalue weighted by Crippen LogP contribution is -2.15. The molecule has 6 aromatic carbocycles. The average Bonchev–Trinajstić information content (AvgIpc) is 4.00. The van der Waals surface area contributed by atoms with Gasteiger partial charge in [-0.2, -0.15) is 0 Å². The summed E-state index contributed by atoms with van der Waals surface area (Å²) in [6, 6.07) is 39.6. The van der Waals surface area contributed by atoms with E-state index in [4.69, 9.17) is 17.7 Å². The summed E-state index contributed by atoms with van der Waals surface area (Å²) in [5, 5.41) is 13.4. The third-order valence-electron chi connectivity index (χ3n) is 11.1. The van der Waals surface area contributed by atoms with Gasteiger partial charge in [0.2, 0.25) is 0 Å². The molecular formula is C51H37Br2N9O5. The Kier molecular flexibility index (Phi) is 9.56. The zero-order valence-corrected chi connectivity index (χ0v) is 38.1. The molecule has 6 aromatic heterocycles. The number of rotatable bonds is 5. The maximum absolute atomic E-state index is 12.8. The summed E-state index contributed by atoms with van der Waals surface area (Å²) in [6.07, 6.45) is 4.68. The number of para-hydroxylation sites is 3. The topological polar surface area (TPSA) is 170 Å². The monoisotopic (exact) mass is 1020 g/mol. The van der Waals surface area contributed by atoms with Crippen molar-refractivity contribution in [1.29, 1.82) is 0 Å². The Labute approximate surface area is 404 Å². The second-order valence-electron chi connectivity index (χ2n) is 15.2. The Morgan fingerprint density at radius 2 is 0.985 bits per heavy atom. The fourth-order valence-electron chi connectivity index (χ4n) is 7.86. The molecule has 0 amide bonds. The number of benzene rings is 6. The molecule has 0 radical (unpaired) electrons. The molecule has 0 aliphatic rings. The lowest BCUT2D eigenvalue weighted by Gasteiger charge is -2.07. The predicted octanol–water partition coefficient (Wildman–Crippen LogP) is 10.5. The van der Waals surface area contributed by atoms with Crippen LogP contribution in [-0.4, -0.2) is 58.4 Å². The second kappa shape index (κ2) is 17.7. The summed E-state index contributed by atoms with van der Waals surface area (Å²) in [6.45, 7) is 2.03. The highest BCUT2D eigenvalue weighted by molar-refractivity contribution is 9.10. The zero-order chi connectivity index (χ0) is 51.3. The van der Waals surface area contributed by atoms with Crippen molar-refractivity contribution in [2.75, 3.05) is 14.1 Å². The van der Waals surface area contributed by atoms with Crippen LogP contribution in [0.25, 0.3) is 82.5 Å². The normalized spacial score (nSPS) is 12.9. The largest absolute Gasteiger partial charge is 0.497 e. The van der Waals surface area contributed by atoms with E-state index in [1.807, 2.05) is 91.9 Å². The number of methoxy groups -OCH3 is 2. The molecule has 14 nitrogen and oxygen atoms in total. The first-order valence-electron chi connectivity index (χ1n) is 23.4. The van der Waals surface area contributed by atoms with Crippen LogP contribution in [0.3, 0.4) is 0 Å². The number of nitrogens with one attached hydrogen (secondary N) is 3. The van der Waals surface area contributed by atoms with Gasteiger partial charge in [-0.1, -0.05) is 80.4 Å². The number of aromatic nitrogens is 9. The third-order valence-corrected chi connectivity index (χ3v) is 12.1. The van der Waals surface area contributed by atoms with E-state index < -0.39 is 14.1 Å². The minimum absolute atomic E-state index is 0.0776. The lowest BCUT2D eigenvalue weighted by molar-refractivity contribution is 0.411. The number of ether oxygens (including phenoxy) is 2. The number of fused-ring (bicyclic) bond motifs is 9. The Hall–Kier alpha value is -8.08. The highest BCUT2D eigenvalue weighted by Gasteiger charge is 2.16. The maximum Gasteiger partial charge on any atom is 0.280 e. The molecule has 6 heterocycles. The Morgan fingerprint density at radius 1 is 0.493 bits per heavy atom. The minimum atomic E-state index is -2.62. The van der Waals surface area contributed by atoms with Crippen LogP contribution in [0.1, 0.15) is 13.8 Å². The van der Waals surface area contributed by atoms with Crippen molar-refractivity contribution in [3.63, 3.8) is 0 Å². The van der Waals surface area contributed by atoms with Crippen LogP contribution >= 0.6 is 31.9 Å². The van der Waals surface area contributed by atoms with Gasteiger partial charge in [0.05, 0.1) is 82.9 Å². The van der Waals surface area contributed by atoms with Crippen molar-refractivity contribution in [3.8, 4) is 28.6 Å². The molecule has 16 heteroatoms. The van der Waals surface area contributed by atoms with Crippen LogP contribution < -0.4 is 26.2 Å². The van der Waals surface area contributed by atoms with Gasteiger partial charge in [-0.3, -0.25) is 44.6 Å². The van der Waals surface area contributed by atoms with Crippen molar-refractivity contribution >= 4 is 97.3 Å². The standard InChI is InChI=1S/2C17H12BrN3O2.C17H13N3O/c1-23-12-4-2-3-11(8-12)21-17(22)14-9-19-15-7-10(18)5-6-13(15)16(14)20-21;1-23-15-5-3-2-4-14(15)21-17(22)12-9-19-13-8-10(18)6-7-11(13)16(12)20-21;1-11-7-8-13-15(9-11)18-10-14-16(13)19-20(17(14)21)12-5-3-2-4-6-12/h2*2-9,20H,1H3;2-10,19H,1H3/i2*1D3;. The summed E-state index contributed by atoms with van der Waals surface area (Å²) in [5.74, 6) is 0.237. The summed E-state index contributed by atoms with van der Waals surface area (Å²) < 4.78 is 59.5. The average molecular weight is 1020 g/mol. The number of halogens is 2. The first-order chi connectivity index (χ1) is 34.9. The van der Waals surface area contributed by atoms with Crippen LogP contribution in [0.5, 0.6) is 11.5 Å². The first-order valence-corrected chi connectivity index (χ1v) is 22.0. The van der Waals surface area contributed by atoms with Gasteiger partial charge in [0.1, 0.15) is 17.2 Å². The SMILES string of the molecule is Cc1ccc2c(c1)ncc1c(=O)n(-c3ccccc3)[nH]c12.[2H]C([2H])([2H])Oc1cccc(-n2[nH]c3c(cnc4cc(Br)ccc43)c2=O)c1.[2H]C([2H])([2H])Oc1ccccc1-n1[nH]c2c(cnc3cc(Br)ccc32)c1=O. The molecule has 0 saturated carbocycles. The van der Waals surface area contributed by atoms with Crippen LogP contribution in [-0.2, 0) is 0 Å². The lowest BCUT2D eigenvalue weighted by atomic mass is 10.1. The van der Waals surface area contributed by atoms with E-state index in [2.05, 4.69) is 62.1 Å². The van der Waals surface area contributed by atoms with Gasteiger partial charge in [0, 0.05) is 49.8 Å². The van der Waals surface area contributed by atoms with Crippen LogP contribution in [0.4, 0.5) is 0 Å². The van der Waals surface area contributed by atoms with Gasteiger partial charge < -0.3 is 9.47 Å². The molecule has 0 atom stereocenters.